The van der Waals surface area contributed by atoms with Gasteiger partial charge in [-0.2, -0.15) is 8.78 Å². The highest BCUT2D eigenvalue weighted by atomic mass is 19.3. The molecule has 1 heterocycles. The predicted octanol–water partition coefficient (Wildman–Crippen LogP) is 3.65. The van der Waals surface area contributed by atoms with Crippen molar-refractivity contribution in [1.29, 1.82) is 0 Å². The fourth-order valence-electron chi connectivity index (χ4n) is 2.76. The second-order valence-corrected chi connectivity index (χ2v) is 6.13. The number of halogens is 2. The number of guanidine groups is 1. The Balaban J connectivity index is 1.64. The van der Waals surface area contributed by atoms with E-state index in [1.807, 2.05) is 18.2 Å². The minimum absolute atomic E-state index is 0.0207. The van der Waals surface area contributed by atoms with Crippen molar-refractivity contribution in [2.75, 3.05) is 32.7 Å². The number of nitrogens with one attached hydrogen (secondary N) is 2. The van der Waals surface area contributed by atoms with Gasteiger partial charge in [-0.1, -0.05) is 6.07 Å². The van der Waals surface area contributed by atoms with Crippen molar-refractivity contribution in [2.45, 2.75) is 19.6 Å². The van der Waals surface area contributed by atoms with Crippen LogP contribution in [0.5, 0.6) is 23.0 Å². The molecular weight excluding hydrogens is 384 g/mol. The molecule has 7 nitrogen and oxygen atoms in total. The van der Waals surface area contributed by atoms with E-state index in [1.54, 1.807) is 19.2 Å². The molecule has 1 aliphatic rings. The molecule has 9 heteroatoms. The van der Waals surface area contributed by atoms with Gasteiger partial charge in [0.1, 0.15) is 0 Å². The lowest BCUT2D eigenvalue weighted by molar-refractivity contribution is -0.0512. The number of benzene rings is 2. The highest BCUT2D eigenvalue weighted by Crippen LogP contribution is 2.32. The van der Waals surface area contributed by atoms with Crippen LogP contribution in [0.15, 0.2) is 41.4 Å². The van der Waals surface area contributed by atoms with Gasteiger partial charge in [-0.25, -0.2) is 0 Å². The zero-order valence-electron chi connectivity index (χ0n) is 16.2. The molecule has 0 saturated carbocycles. The molecule has 0 unspecified atom stereocenters. The molecule has 0 aromatic heterocycles. The summed E-state index contributed by atoms with van der Waals surface area (Å²) in [6.45, 7) is -1.36. The van der Waals surface area contributed by atoms with Crippen LogP contribution in [0.25, 0.3) is 0 Å². The molecule has 3 rings (SSSR count). The third-order valence-electron chi connectivity index (χ3n) is 4.14. The number of hydrogen-bond acceptors (Lipinski definition) is 5. The van der Waals surface area contributed by atoms with Gasteiger partial charge in [0.25, 0.3) is 0 Å². The number of fused-ring (bicyclic) bond motifs is 1. The third-order valence-corrected chi connectivity index (χ3v) is 4.14. The smallest absolute Gasteiger partial charge is 0.387 e. The maximum Gasteiger partial charge on any atom is 0.387 e. The van der Waals surface area contributed by atoms with Crippen LogP contribution in [-0.2, 0) is 6.54 Å². The molecule has 2 N–H and O–H groups in total. The maximum atomic E-state index is 12.6. The predicted molar refractivity (Wildman–Crippen MR) is 105 cm³/mol. The molecule has 0 amide bonds. The van der Waals surface area contributed by atoms with Gasteiger partial charge in [-0.3, -0.25) is 4.99 Å². The van der Waals surface area contributed by atoms with Gasteiger partial charge in [-0.05, 0) is 29.8 Å². The lowest BCUT2D eigenvalue weighted by Gasteiger charge is -2.15. The van der Waals surface area contributed by atoms with Crippen LogP contribution in [0.1, 0.15) is 12.0 Å². The van der Waals surface area contributed by atoms with Crippen molar-refractivity contribution in [3.63, 3.8) is 0 Å². The fourth-order valence-corrected chi connectivity index (χ4v) is 2.76. The summed E-state index contributed by atoms with van der Waals surface area (Å²) in [5.41, 5.74) is 1.50. The number of ether oxygens (including phenoxy) is 4. The lowest BCUT2D eigenvalue weighted by atomic mass is 10.2. The van der Waals surface area contributed by atoms with E-state index in [1.165, 1.54) is 13.2 Å². The van der Waals surface area contributed by atoms with E-state index in [0.29, 0.717) is 37.2 Å². The van der Waals surface area contributed by atoms with Gasteiger partial charge in [0.2, 0.25) is 0 Å². The molecule has 29 heavy (non-hydrogen) atoms. The summed E-state index contributed by atoms with van der Waals surface area (Å²) in [5.74, 6) is 2.11. The molecule has 0 bridgehead atoms. The molecule has 2 aromatic rings. The Morgan fingerprint density at radius 1 is 1.10 bits per heavy atom. The summed E-state index contributed by atoms with van der Waals surface area (Å²) in [4.78, 5) is 4.18. The summed E-state index contributed by atoms with van der Waals surface area (Å²) >= 11 is 0. The van der Waals surface area contributed by atoms with E-state index in [-0.39, 0.29) is 11.5 Å². The Morgan fingerprint density at radius 2 is 1.90 bits per heavy atom. The minimum Gasteiger partial charge on any atom is -0.493 e. The lowest BCUT2D eigenvalue weighted by Crippen LogP contribution is -2.30. The molecule has 0 saturated heterocycles. The van der Waals surface area contributed by atoms with E-state index < -0.39 is 6.61 Å². The quantitative estimate of drug-likeness (QED) is 0.563. The van der Waals surface area contributed by atoms with Gasteiger partial charge in [0.15, 0.2) is 29.0 Å². The average molecular weight is 407 g/mol. The zero-order chi connectivity index (χ0) is 20.6. The van der Waals surface area contributed by atoms with Crippen LogP contribution in [0.3, 0.4) is 0 Å². The number of nitrogens with zero attached hydrogens (tertiary/aromatic N) is 1. The number of aliphatic imine (C=N–C) groups is 1. The summed E-state index contributed by atoms with van der Waals surface area (Å²) < 4.78 is 46.0. The summed E-state index contributed by atoms with van der Waals surface area (Å²) in [5, 5.41) is 6.29. The Labute approximate surface area is 167 Å². The topological polar surface area (TPSA) is 73.3 Å². The highest BCUT2D eigenvalue weighted by Gasteiger charge is 2.13. The zero-order valence-corrected chi connectivity index (χ0v) is 16.2. The van der Waals surface area contributed by atoms with Crippen molar-refractivity contribution in [3.05, 3.63) is 42.0 Å². The van der Waals surface area contributed by atoms with Crippen LogP contribution in [0.4, 0.5) is 14.5 Å². The van der Waals surface area contributed by atoms with Crippen molar-refractivity contribution in [3.8, 4) is 23.0 Å². The number of methoxy groups -OCH3 is 1. The number of rotatable bonds is 6. The minimum atomic E-state index is -2.93. The van der Waals surface area contributed by atoms with Gasteiger partial charge >= 0.3 is 6.61 Å². The first-order chi connectivity index (χ1) is 14.1. The summed E-state index contributed by atoms with van der Waals surface area (Å²) in [6, 6.07) is 10.4. The summed E-state index contributed by atoms with van der Waals surface area (Å²) in [7, 11) is 3.03. The van der Waals surface area contributed by atoms with E-state index in [2.05, 4.69) is 20.4 Å². The number of alkyl halides is 2. The Kier molecular flexibility index (Phi) is 6.94. The molecule has 0 fully saturated rings. The van der Waals surface area contributed by atoms with Crippen LogP contribution in [-0.4, -0.2) is 39.9 Å². The van der Waals surface area contributed by atoms with Gasteiger partial charge in [0, 0.05) is 31.8 Å². The molecule has 2 aromatic carbocycles. The average Bonchev–Trinajstić information content (AvgIpc) is 2.95. The SMILES string of the molecule is CN=C(NCc1ccc(OC)c(OC(F)F)c1)Nc1ccc2c(c1)OCCCO2. The normalized spacial score (nSPS) is 13.6. The van der Waals surface area contributed by atoms with Crippen molar-refractivity contribution in [1.82, 2.24) is 5.32 Å². The van der Waals surface area contributed by atoms with Crippen LogP contribution >= 0.6 is 0 Å². The number of hydrogen-bond donors (Lipinski definition) is 2. The number of anilines is 1. The van der Waals surface area contributed by atoms with Crippen LogP contribution < -0.4 is 29.6 Å². The molecule has 0 radical (unpaired) electrons. The maximum absolute atomic E-state index is 12.6. The molecule has 1 aliphatic heterocycles. The summed E-state index contributed by atoms with van der Waals surface area (Å²) in [6.07, 6.45) is 0.833. The standard InChI is InChI=1S/C20H23F2N3O4/c1-23-20(25-14-5-7-16-17(11-14)28-9-3-8-27-16)24-12-13-4-6-15(26-2)18(10-13)29-19(21)22/h4-7,10-11,19H,3,8-9,12H2,1-2H3,(H2,23,24,25). The van der Waals surface area contributed by atoms with E-state index in [9.17, 15) is 8.78 Å². The Bertz CT molecular complexity index is 862. The second kappa shape index (κ2) is 9.81. The van der Waals surface area contributed by atoms with E-state index >= 15 is 0 Å². The first-order valence-corrected chi connectivity index (χ1v) is 9.08. The Morgan fingerprint density at radius 3 is 2.62 bits per heavy atom. The first kappa shape index (κ1) is 20.5. The van der Waals surface area contributed by atoms with E-state index in [0.717, 1.165) is 17.7 Å². The van der Waals surface area contributed by atoms with Gasteiger partial charge in [-0.15, -0.1) is 0 Å². The molecule has 0 spiro atoms. The first-order valence-electron chi connectivity index (χ1n) is 9.08. The molecular formula is C20H23F2N3O4. The van der Waals surface area contributed by atoms with Gasteiger partial charge in [0.05, 0.1) is 20.3 Å². The van der Waals surface area contributed by atoms with Crippen molar-refractivity contribution >= 4 is 11.6 Å². The van der Waals surface area contributed by atoms with Crippen molar-refractivity contribution in [2.24, 2.45) is 4.99 Å². The van der Waals surface area contributed by atoms with Crippen LogP contribution in [0, 0.1) is 0 Å². The Hall–Kier alpha value is -3.23. The molecule has 0 atom stereocenters. The largest absolute Gasteiger partial charge is 0.493 e. The third kappa shape index (κ3) is 5.63. The monoisotopic (exact) mass is 407 g/mol. The van der Waals surface area contributed by atoms with E-state index in [4.69, 9.17) is 14.2 Å². The van der Waals surface area contributed by atoms with Crippen molar-refractivity contribution < 1.29 is 27.7 Å². The fraction of sp³-hybridized carbons (Fsp3) is 0.350. The van der Waals surface area contributed by atoms with Gasteiger partial charge < -0.3 is 29.6 Å². The molecule has 0 aliphatic carbocycles. The highest BCUT2D eigenvalue weighted by molar-refractivity contribution is 5.93. The second-order valence-electron chi connectivity index (χ2n) is 6.13. The molecule has 156 valence electrons. The van der Waals surface area contributed by atoms with Crippen LogP contribution in [0.2, 0.25) is 0 Å².